The minimum Gasteiger partial charge on any atom is -0.492 e. The van der Waals surface area contributed by atoms with Crippen LogP contribution in [0, 0.1) is 11.3 Å². The maximum Gasteiger partial charge on any atom is 0.119 e. The molecule has 136 valence electrons. The number of ether oxygens (including phenoxy) is 2. The van der Waals surface area contributed by atoms with Crippen LogP contribution in [0.2, 0.25) is 0 Å². The fourth-order valence-electron chi connectivity index (χ4n) is 4.04. The Labute approximate surface area is 147 Å². The van der Waals surface area contributed by atoms with Crippen molar-refractivity contribution in [2.24, 2.45) is 11.3 Å². The first-order valence-electron chi connectivity index (χ1n) is 8.93. The molecule has 1 fully saturated rings. The van der Waals surface area contributed by atoms with E-state index in [1.165, 1.54) is 5.56 Å². The molecule has 0 radical (unpaired) electrons. The lowest BCUT2D eigenvalue weighted by Crippen LogP contribution is -2.67. The fraction of sp³-hybridized carbons (Fsp3) is 0.700. The van der Waals surface area contributed by atoms with Gasteiger partial charge in [0, 0.05) is 31.2 Å². The van der Waals surface area contributed by atoms with Crippen molar-refractivity contribution in [1.82, 2.24) is 10.2 Å². The summed E-state index contributed by atoms with van der Waals surface area (Å²) in [5, 5.41) is 3.79. The Morgan fingerprint density at radius 3 is 2.33 bits per heavy atom. The van der Waals surface area contributed by atoms with Crippen molar-refractivity contribution in [2.75, 3.05) is 34.4 Å². The third kappa shape index (κ3) is 4.11. The van der Waals surface area contributed by atoms with Gasteiger partial charge in [-0.25, -0.2) is 0 Å². The first-order valence-corrected chi connectivity index (χ1v) is 8.93. The van der Waals surface area contributed by atoms with E-state index in [0.717, 1.165) is 12.3 Å². The second-order valence-corrected chi connectivity index (χ2v) is 7.92. The van der Waals surface area contributed by atoms with Gasteiger partial charge in [-0.3, -0.25) is 0 Å². The number of nitrogens with zero attached hydrogens (tertiary/aromatic N) is 1. The Morgan fingerprint density at radius 2 is 1.83 bits per heavy atom. The van der Waals surface area contributed by atoms with Crippen molar-refractivity contribution in [3.8, 4) is 5.75 Å². The zero-order chi connectivity index (χ0) is 17.9. The summed E-state index contributed by atoms with van der Waals surface area (Å²) >= 11 is 0. The molecule has 0 aromatic heterocycles. The number of rotatable bonds is 8. The Hall–Kier alpha value is -1.10. The van der Waals surface area contributed by atoms with Crippen LogP contribution in [0.15, 0.2) is 24.3 Å². The summed E-state index contributed by atoms with van der Waals surface area (Å²) in [6.07, 6.45) is 0.328. The van der Waals surface area contributed by atoms with Gasteiger partial charge in [-0.1, -0.05) is 32.9 Å². The Bertz CT molecular complexity index is 513. The second-order valence-electron chi connectivity index (χ2n) is 7.92. The van der Waals surface area contributed by atoms with Crippen LogP contribution >= 0.6 is 0 Å². The molecule has 0 unspecified atom stereocenters. The van der Waals surface area contributed by atoms with Crippen LogP contribution in [0.1, 0.15) is 39.3 Å². The van der Waals surface area contributed by atoms with E-state index in [0.29, 0.717) is 30.7 Å². The predicted octanol–water partition coefficient (Wildman–Crippen LogP) is 3.34. The smallest absolute Gasteiger partial charge is 0.119 e. The molecule has 4 atom stereocenters. The van der Waals surface area contributed by atoms with Gasteiger partial charge in [0.2, 0.25) is 0 Å². The van der Waals surface area contributed by atoms with Crippen molar-refractivity contribution in [3.63, 3.8) is 0 Å². The van der Waals surface area contributed by atoms with E-state index >= 15 is 0 Å². The average Bonchev–Trinajstić information content (AvgIpc) is 2.53. The lowest BCUT2D eigenvalue weighted by molar-refractivity contribution is -0.147. The molecule has 1 aromatic rings. The zero-order valence-corrected chi connectivity index (χ0v) is 16.3. The van der Waals surface area contributed by atoms with Crippen molar-refractivity contribution in [2.45, 2.75) is 45.9 Å². The van der Waals surface area contributed by atoms with Crippen LogP contribution in [-0.4, -0.2) is 51.4 Å². The third-order valence-electron chi connectivity index (χ3n) is 5.41. The molecule has 0 spiro atoms. The van der Waals surface area contributed by atoms with Gasteiger partial charge in [0.1, 0.15) is 12.4 Å². The largest absolute Gasteiger partial charge is 0.492 e. The van der Waals surface area contributed by atoms with E-state index in [-0.39, 0.29) is 5.41 Å². The monoisotopic (exact) mass is 334 g/mol. The highest BCUT2D eigenvalue weighted by Crippen LogP contribution is 2.47. The Morgan fingerprint density at radius 1 is 1.21 bits per heavy atom. The predicted molar refractivity (Wildman–Crippen MR) is 99.6 cm³/mol. The minimum atomic E-state index is 0.164. The quantitative estimate of drug-likeness (QED) is 0.790. The van der Waals surface area contributed by atoms with E-state index < -0.39 is 0 Å². The summed E-state index contributed by atoms with van der Waals surface area (Å²) in [6.45, 7) is 10.7. The van der Waals surface area contributed by atoms with Gasteiger partial charge in [0.25, 0.3) is 0 Å². The van der Waals surface area contributed by atoms with Gasteiger partial charge in [-0.2, -0.15) is 0 Å². The second kappa shape index (κ2) is 7.85. The van der Waals surface area contributed by atoms with Crippen molar-refractivity contribution < 1.29 is 9.47 Å². The number of hydrogen-bond donors (Lipinski definition) is 1. The third-order valence-corrected chi connectivity index (χ3v) is 5.41. The maximum absolute atomic E-state index is 5.77. The lowest BCUT2D eigenvalue weighted by atomic mass is 9.57. The molecule has 0 bridgehead atoms. The maximum atomic E-state index is 5.77. The zero-order valence-electron chi connectivity index (χ0n) is 16.3. The first kappa shape index (κ1) is 19.2. The molecule has 2 rings (SSSR count). The van der Waals surface area contributed by atoms with E-state index in [2.05, 4.69) is 76.3 Å². The standard InChI is InChI=1S/C20H34N2O2/c1-14-18(20(3,4)19(14)23-7)21-15(2)16-8-10-17(11-9-16)24-13-12-22(5)6/h8-11,14-15,18-19,21H,12-13H2,1-7H3/t14-,15+,18+,19-/m1/s1. The van der Waals surface area contributed by atoms with Gasteiger partial charge >= 0.3 is 0 Å². The number of benzene rings is 1. The van der Waals surface area contributed by atoms with Crippen molar-refractivity contribution >= 4 is 0 Å². The Kier molecular flexibility index (Phi) is 6.29. The van der Waals surface area contributed by atoms with E-state index in [1.807, 2.05) is 7.11 Å². The van der Waals surface area contributed by atoms with Gasteiger partial charge in [-0.05, 0) is 44.6 Å². The molecule has 0 heterocycles. The van der Waals surface area contributed by atoms with Crippen LogP contribution in [-0.2, 0) is 4.74 Å². The molecule has 4 nitrogen and oxygen atoms in total. The van der Waals surface area contributed by atoms with Crippen LogP contribution in [0.4, 0.5) is 0 Å². The molecular weight excluding hydrogens is 300 g/mol. The number of likely N-dealkylation sites (N-methyl/N-ethyl adjacent to an activating group) is 1. The van der Waals surface area contributed by atoms with Gasteiger partial charge in [0.05, 0.1) is 6.10 Å². The number of nitrogens with one attached hydrogen (secondary N) is 1. The average molecular weight is 335 g/mol. The van der Waals surface area contributed by atoms with Crippen molar-refractivity contribution in [3.05, 3.63) is 29.8 Å². The molecule has 1 aromatic carbocycles. The molecule has 1 aliphatic rings. The topological polar surface area (TPSA) is 33.7 Å². The van der Waals surface area contributed by atoms with Crippen LogP contribution in [0.5, 0.6) is 5.75 Å². The number of methoxy groups -OCH3 is 1. The molecule has 24 heavy (non-hydrogen) atoms. The molecule has 1 aliphatic carbocycles. The summed E-state index contributed by atoms with van der Waals surface area (Å²) in [4.78, 5) is 2.12. The van der Waals surface area contributed by atoms with E-state index in [9.17, 15) is 0 Å². The molecule has 4 heteroatoms. The van der Waals surface area contributed by atoms with Crippen LogP contribution in [0.25, 0.3) is 0 Å². The highest BCUT2D eigenvalue weighted by atomic mass is 16.5. The molecule has 1 N–H and O–H groups in total. The van der Waals surface area contributed by atoms with Gasteiger partial charge < -0.3 is 19.7 Å². The van der Waals surface area contributed by atoms with Crippen LogP contribution < -0.4 is 10.1 Å². The highest BCUT2D eigenvalue weighted by molar-refractivity contribution is 5.29. The van der Waals surface area contributed by atoms with Crippen molar-refractivity contribution in [1.29, 1.82) is 0 Å². The summed E-state index contributed by atoms with van der Waals surface area (Å²) in [7, 11) is 5.92. The molecular formula is C20H34N2O2. The van der Waals surface area contributed by atoms with E-state index in [4.69, 9.17) is 9.47 Å². The van der Waals surface area contributed by atoms with E-state index in [1.54, 1.807) is 0 Å². The number of hydrogen-bond acceptors (Lipinski definition) is 4. The highest BCUT2D eigenvalue weighted by Gasteiger charge is 2.54. The Balaban J connectivity index is 1.90. The minimum absolute atomic E-state index is 0.164. The molecule has 0 amide bonds. The SMILES string of the molecule is CO[C@@H]1[C@H](C)[C@H](N[C@@H](C)c2ccc(OCCN(C)C)cc2)C1(C)C. The first-order chi connectivity index (χ1) is 11.3. The normalized spacial score (nSPS) is 26.9. The summed E-state index contributed by atoms with van der Waals surface area (Å²) in [6, 6.07) is 9.23. The summed E-state index contributed by atoms with van der Waals surface area (Å²) in [5.74, 6) is 1.46. The molecule has 1 saturated carbocycles. The van der Waals surface area contributed by atoms with Crippen LogP contribution in [0.3, 0.4) is 0 Å². The van der Waals surface area contributed by atoms with Gasteiger partial charge in [-0.15, -0.1) is 0 Å². The summed E-state index contributed by atoms with van der Waals surface area (Å²) < 4.78 is 11.4. The lowest BCUT2D eigenvalue weighted by Gasteiger charge is -2.57. The summed E-state index contributed by atoms with van der Waals surface area (Å²) in [5.41, 5.74) is 1.45. The molecule has 0 aliphatic heterocycles. The molecule has 0 saturated heterocycles. The fourth-order valence-corrected chi connectivity index (χ4v) is 4.04. The van der Waals surface area contributed by atoms with Gasteiger partial charge in [0.15, 0.2) is 0 Å².